The molecule has 0 atom stereocenters. The molecular weight excluding hydrogens is 340 g/mol. The molecule has 0 saturated carbocycles. The topological polar surface area (TPSA) is 103 Å². The van der Waals surface area contributed by atoms with Crippen LogP contribution in [0.1, 0.15) is 13.8 Å². The summed E-state index contributed by atoms with van der Waals surface area (Å²) in [6.07, 6.45) is 1.25. The van der Waals surface area contributed by atoms with Crippen molar-refractivity contribution in [3.8, 4) is 28.4 Å². The minimum absolute atomic E-state index is 0.0413. The minimum Gasteiger partial charge on any atom is -0.508 e. The zero-order valence-electron chi connectivity index (χ0n) is 13.9. The molecule has 7 nitrogen and oxygen atoms in total. The molecule has 0 amide bonds. The molecule has 1 heterocycles. The van der Waals surface area contributed by atoms with Gasteiger partial charge in [0.1, 0.15) is 34.5 Å². The molecule has 0 aliphatic rings. The molecule has 132 valence electrons. The van der Waals surface area contributed by atoms with E-state index < -0.39 is 17.4 Å². The van der Waals surface area contributed by atoms with Gasteiger partial charge in [0.25, 0.3) is 0 Å². The molecule has 0 spiro atoms. The Kier molecular flexibility index (Phi) is 4.45. The van der Waals surface area contributed by atoms with E-state index in [9.17, 15) is 19.5 Å². The number of fused-ring (bicyclic) bond motifs is 1. The Labute approximate surface area is 147 Å². The summed E-state index contributed by atoms with van der Waals surface area (Å²) < 4.78 is 15.4. The number of hydrogen-bond acceptors (Lipinski definition) is 7. The molecule has 1 N–H and O–H groups in total. The van der Waals surface area contributed by atoms with Crippen LogP contribution in [0.2, 0.25) is 0 Å². The van der Waals surface area contributed by atoms with Gasteiger partial charge in [0, 0.05) is 26.0 Å². The number of benzene rings is 2. The number of esters is 2. The second kappa shape index (κ2) is 6.72. The van der Waals surface area contributed by atoms with Crippen molar-refractivity contribution in [2.24, 2.45) is 0 Å². The molecule has 3 rings (SSSR count). The molecule has 2 aromatic carbocycles. The van der Waals surface area contributed by atoms with Crippen molar-refractivity contribution in [2.45, 2.75) is 13.8 Å². The average molecular weight is 354 g/mol. The standard InChI is InChI=1S/C19H14O7/c1-10(20)25-14-5-3-12(4-6-14)15-9-24-16-7-13(22)8-17(26-11(2)21)18(16)19(15)23/h3-9,22H,1-2H3. The van der Waals surface area contributed by atoms with Crippen LogP contribution in [0.15, 0.2) is 51.9 Å². The van der Waals surface area contributed by atoms with Crippen molar-refractivity contribution in [3.05, 3.63) is 52.9 Å². The van der Waals surface area contributed by atoms with Crippen LogP contribution in [0.5, 0.6) is 17.2 Å². The van der Waals surface area contributed by atoms with E-state index in [0.29, 0.717) is 11.3 Å². The van der Waals surface area contributed by atoms with E-state index in [4.69, 9.17) is 13.9 Å². The summed E-state index contributed by atoms with van der Waals surface area (Å²) >= 11 is 0. The van der Waals surface area contributed by atoms with Gasteiger partial charge in [-0.25, -0.2) is 0 Å². The second-order valence-corrected chi connectivity index (χ2v) is 5.51. The number of carbonyl (C=O) groups is 2. The number of hydrogen-bond donors (Lipinski definition) is 1. The zero-order chi connectivity index (χ0) is 18.8. The Bertz CT molecular complexity index is 1060. The predicted octanol–water partition coefficient (Wildman–Crippen LogP) is 3.02. The van der Waals surface area contributed by atoms with Gasteiger partial charge in [0.2, 0.25) is 5.43 Å². The molecular formula is C19H14O7. The Balaban J connectivity index is 2.14. The number of aromatic hydroxyl groups is 1. The Morgan fingerprint density at radius 1 is 1.00 bits per heavy atom. The highest BCUT2D eigenvalue weighted by atomic mass is 16.5. The molecule has 0 aliphatic carbocycles. The highest BCUT2D eigenvalue weighted by Crippen LogP contribution is 2.31. The highest BCUT2D eigenvalue weighted by Gasteiger charge is 2.16. The first-order valence-corrected chi connectivity index (χ1v) is 7.61. The number of phenols is 1. The first-order chi connectivity index (χ1) is 12.3. The van der Waals surface area contributed by atoms with Gasteiger partial charge in [-0.15, -0.1) is 0 Å². The lowest BCUT2D eigenvalue weighted by atomic mass is 10.0. The van der Waals surface area contributed by atoms with Crippen LogP contribution >= 0.6 is 0 Å². The van der Waals surface area contributed by atoms with Crippen LogP contribution < -0.4 is 14.9 Å². The molecule has 0 fully saturated rings. The van der Waals surface area contributed by atoms with Gasteiger partial charge in [-0.2, -0.15) is 0 Å². The summed E-state index contributed by atoms with van der Waals surface area (Å²) in [5.41, 5.74) is 0.415. The van der Waals surface area contributed by atoms with Crippen molar-refractivity contribution in [3.63, 3.8) is 0 Å². The van der Waals surface area contributed by atoms with Gasteiger partial charge in [-0.1, -0.05) is 12.1 Å². The summed E-state index contributed by atoms with van der Waals surface area (Å²) in [4.78, 5) is 35.1. The van der Waals surface area contributed by atoms with E-state index in [1.54, 1.807) is 24.3 Å². The van der Waals surface area contributed by atoms with Gasteiger partial charge >= 0.3 is 11.9 Å². The maximum Gasteiger partial charge on any atom is 0.308 e. The second-order valence-electron chi connectivity index (χ2n) is 5.51. The smallest absolute Gasteiger partial charge is 0.308 e. The van der Waals surface area contributed by atoms with Crippen LogP contribution in [0.4, 0.5) is 0 Å². The Hall–Kier alpha value is -3.61. The SMILES string of the molecule is CC(=O)Oc1ccc(-c2coc3cc(O)cc(OC(C)=O)c3c2=O)cc1. The first-order valence-electron chi connectivity index (χ1n) is 7.61. The maximum atomic E-state index is 12.9. The largest absolute Gasteiger partial charge is 0.508 e. The van der Waals surface area contributed by atoms with Gasteiger partial charge in [-0.05, 0) is 17.7 Å². The summed E-state index contributed by atoms with van der Waals surface area (Å²) in [7, 11) is 0. The minimum atomic E-state index is -0.632. The third-order valence-electron chi connectivity index (χ3n) is 3.51. The van der Waals surface area contributed by atoms with Gasteiger partial charge in [0.15, 0.2) is 0 Å². The van der Waals surface area contributed by atoms with Crippen LogP contribution in [0, 0.1) is 0 Å². The zero-order valence-corrected chi connectivity index (χ0v) is 13.9. The quantitative estimate of drug-likeness (QED) is 0.569. The van der Waals surface area contributed by atoms with Crippen molar-refractivity contribution >= 4 is 22.9 Å². The molecule has 0 bridgehead atoms. The van der Waals surface area contributed by atoms with E-state index in [1.165, 1.54) is 32.2 Å². The lowest BCUT2D eigenvalue weighted by Gasteiger charge is -2.08. The van der Waals surface area contributed by atoms with Crippen molar-refractivity contribution < 1.29 is 28.6 Å². The van der Waals surface area contributed by atoms with E-state index >= 15 is 0 Å². The van der Waals surface area contributed by atoms with Crippen LogP contribution in [0.25, 0.3) is 22.1 Å². The Morgan fingerprint density at radius 2 is 1.65 bits per heavy atom. The third kappa shape index (κ3) is 3.41. The molecule has 0 unspecified atom stereocenters. The fourth-order valence-electron chi connectivity index (χ4n) is 2.51. The van der Waals surface area contributed by atoms with Gasteiger partial charge < -0.3 is 19.0 Å². The lowest BCUT2D eigenvalue weighted by molar-refractivity contribution is -0.132. The summed E-state index contributed by atoms with van der Waals surface area (Å²) in [5, 5.41) is 9.75. The summed E-state index contributed by atoms with van der Waals surface area (Å²) in [6, 6.07) is 8.73. The van der Waals surface area contributed by atoms with Crippen molar-refractivity contribution in [1.82, 2.24) is 0 Å². The third-order valence-corrected chi connectivity index (χ3v) is 3.51. The predicted molar refractivity (Wildman–Crippen MR) is 92.2 cm³/mol. The molecule has 26 heavy (non-hydrogen) atoms. The normalized spacial score (nSPS) is 10.5. The molecule has 0 saturated heterocycles. The van der Waals surface area contributed by atoms with Gasteiger partial charge in [0.05, 0.1) is 5.56 Å². The van der Waals surface area contributed by atoms with Gasteiger partial charge in [-0.3, -0.25) is 14.4 Å². The summed E-state index contributed by atoms with van der Waals surface area (Å²) in [5.74, 6) is -1.02. The number of phenolic OH excluding ortho intramolecular Hbond substituents is 1. The molecule has 1 aromatic heterocycles. The highest BCUT2D eigenvalue weighted by molar-refractivity contribution is 5.90. The van der Waals surface area contributed by atoms with E-state index in [-0.39, 0.29) is 28.0 Å². The molecule has 0 aliphatic heterocycles. The number of rotatable bonds is 3. The maximum absolute atomic E-state index is 12.9. The van der Waals surface area contributed by atoms with Crippen LogP contribution in [0.3, 0.4) is 0 Å². The van der Waals surface area contributed by atoms with Crippen LogP contribution in [-0.4, -0.2) is 17.0 Å². The molecule has 7 heteroatoms. The van der Waals surface area contributed by atoms with E-state index in [2.05, 4.69) is 0 Å². The Morgan fingerprint density at radius 3 is 2.27 bits per heavy atom. The van der Waals surface area contributed by atoms with E-state index in [0.717, 1.165) is 0 Å². The fraction of sp³-hybridized carbons (Fsp3) is 0.105. The number of carbonyl (C=O) groups excluding carboxylic acids is 2. The first kappa shape index (κ1) is 17.2. The summed E-state index contributed by atoms with van der Waals surface area (Å²) in [6.45, 7) is 2.48. The average Bonchev–Trinajstić information content (AvgIpc) is 2.54. The molecule has 0 radical (unpaired) electrons. The number of ether oxygens (including phenoxy) is 2. The lowest BCUT2D eigenvalue weighted by Crippen LogP contribution is -2.09. The fourth-order valence-corrected chi connectivity index (χ4v) is 2.51. The molecule has 3 aromatic rings. The monoisotopic (exact) mass is 354 g/mol. The van der Waals surface area contributed by atoms with Crippen LogP contribution in [-0.2, 0) is 9.59 Å². The van der Waals surface area contributed by atoms with E-state index in [1.807, 2.05) is 0 Å². The van der Waals surface area contributed by atoms with Crippen molar-refractivity contribution in [2.75, 3.05) is 0 Å². The van der Waals surface area contributed by atoms with Crippen molar-refractivity contribution in [1.29, 1.82) is 0 Å².